The number of nitrogens with zero attached hydrogens (tertiary/aromatic N) is 2. The van der Waals surface area contributed by atoms with Crippen molar-refractivity contribution in [3.05, 3.63) is 58.0 Å². The molecule has 1 N–H and O–H groups in total. The first kappa shape index (κ1) is 10.8. The van der Waals surface area contributed by atoms with Crippen LogP contribution in [0, 0.1) is 0 Å². The van der Waals surface area contributed by atoms with Gasteiger partial charge in [0.25, 0.3) is 5.56 Å². The molecule has 0 radical (unpaired) electrons. The van der Waals surface area contributed by atoms with E-state index in [9.17, 15) is 4.79 Å². The summed E-state index contributed by atoms with van der Waals surface area (Å²) in [6, 6.07) is 7.02. The largest absolute Gasteiger partial charge is 0.310 e. The van der Waals surface area contributed by atoms with Crippen molar-refractivity contribution < 1.29 is 0 Å². The van der Waals surface area contributed by atoms with Gasteiger partial charge in [0.15, 0.2) is 0 Å². The van der Waals surface area contributed by atoms with Crippen LogP contribution in [0.25, 0.3) is 0 Å². The molecule has 0 spiro atoms. The molecule has 16 heavy (non-hydrogen) atoms. The summed E-state index contributed by atoms with van der Waals surface area (Å²) in [6.07, 6.45) is 2.21. The Morgan fingerprint density at radius 1 is 1.31 bits per heavy atom. The molecule has 0 bridgehead atoms. The van der Waals surface area contributed by atoms with Crippen LogP contribution in [-0.4, -0.2) is 15.0 Å². The SMILES string of the molecule is O=c1cc(CCl)nc(Cc2ccccn2)[nH]1. The summed E-state index contributed by atoms with van der Waals surface area (Å²) in [5.74, 6) is 0.820. The Labute approximate surface area is 97.3 Å². The maximum atomic E-state index is 11.3. The third kappa shape index (κ3) is 2.67. The molecular formula is C11H10ClN3O. The van der Waals surface area contributed by atoms with Crippen molar-refractivity contribution in [1.29, 1.82) is 0 Å². The monoisotopic (exact) mass is 235 g/mol. The second-order valence-corrected chi connectivity index (χ2v) is 3.58. The number of pyridine rings is 1. The lowest BCUT2D eigenvalue weighted by atomic mass is 10.2. The van der Waals surface area contributed by atoms with Gasteiger partial charge in [-0.1, -0.05) is 6.07 Å². The summed E-state index contributed by atoms with van der Waals surface area (Å²) in [6.45, 7) is 0. The zero-order valence-electron chi connectivity index (χ0n) is 8.48. The van der Waals surface area contributed by atoms with E-state index in [1.807, 2.05) is 18.2 Å². The molecule has 0 aliphatic rings. The van der Waals surface area contributed by atoms with Gasteiger partial charge in [-0.15, -0.1) is 11.6 Å². The fraction of sp³-hybridized carbons (Fsp3) is 0.182. The lowest BCUT2D eigenvalue weighted by molar-refractivity contribution is 0.894. The Balaban J connectivity index is 2.28. The molecule has 0 aliphatic carbocycles. The highest BCUT2D eigenvalue weighted by atomic mass is 35.5. The molecule has 2 aromatic rings. The van der Waals surface area contributed by atoms with Crippen molar-refractivity contribution in [2.75, 3.05) is 0 Å². The highest BCUT2D eigenvalue weighted by Crippen LogP contribution is 2.02. The Hall–Kier alpha value is -1.68. The van der Waals surface area contributed by atoms with Gasteiger partial charge in [0.05, 0.1) is 11.6 Å². The van der Waals surface area contributed by atoms with Gasteiger partial charge in [0.2, 0.25) is 0 Å². The Morgan fingerprint density at radius 3 is 2.88 bits per heavy atom. The molecule has 0 amide bonds. The summed E-state index contributed by atoms with van der Waals surface area (Å²) in [5, 5.41) is 0. The standard InChI is InChI=1S/C11H10ClN3O/c12-7-9-6-11(16)15-10(14-9)5-8-3-1-2-4-13-8/h1-4,6H,5,7H2,(H,14,15,16). The van der Waals surface area contributed by atoms with Crippen molar-refractivity contribution in [3.8, 4) is 0 Å². The van der Waals surface area contributed by atoms with Crippen LogP contribution in [-0.2, 0) is 12.3 Å². The molecule has 0 atom stereocenters. The van der Waals surface area contributed by atoms with E-state index >= 15 is 0 Å². The third-order valence-electron chi connectivity index (χ3n) is 2.06. The average molecular weight is 236 g/mol. The quantitative estimate of drug-likeness (QED) is 0.821. The number of hydrogen-bond donors (Lipinski definition) is 1. The first-order valence-electron chi connectivity index (χ1n) is 4.83. The zero-order valence-corrected chi connectivity index (χ0v) is 9.24. The zero-order chi connectivity index (χ0) is 11.4. The Morgan fingerprint density at radius 2 is 2.19 bits per heavy atom. The molecule has 4 nitrogen and oxygen atoms in total. The first-order chi connectivity index (χ1) is 7.78. The number of rotatable bonds is 3. The summed E-state index contributed by atoms with van der Waals surface area (Å²) >= 11 is 5.64. The lowest BCUT2D eigenvalue weighted by Crippen LogP contribution is -2.12. The number of nitrogens with one attached hydrogen (secondary N) is 1. The molecule has 0 fully saturated rings. The number of halogens is 1. The van der Waals surface area contributed by atoms with E-state index in [1.165, 1.54) is 6.07 Å². The van der Waals surface area contributed by atoms with Gasteiger partial charge in [0, 0.05) is 24.4 Å². The van der Waals surface area contributed by atoms with Crippen LogP contribution < -0.4 is 5.56 Å². The minimum Gasteiger partial charge on any atom is -0.310 e. The van der Waals surface area contributed by atoms with Gasteiger partial charge in [-0.25, -0.2) is 4.98 Å². The van der Waals surface area contributed by atoms with Crippen LogP contribution >= 0.6 is 11.6 Å². The topological polar surface area (TPSA) is 58.6 Å². The van der Waals surface area contributed by atoms with Gasteiger partial charge in [-0.05, 0) is 12.1 Å². The average Bonchev–Trinajstić information content (AvgIpc) is 2.29. The van der Waals surface area contributed by atoms with Crippen molar-refractivity contribution in [1.82, 2.24) is 15.0 Å². The van der Waals surface area contributed by atoms with Gasteiger partial charge < -0.3 is 4.98 Å². The summed E-state index contributed by atoms with van der Waals surface area (Å²) in [7, 11) is 0. The molecule has 2 rings (SSSR count). The third-order valence-corrected chi connectivity index (χ3v) is 2.33. The minimum atomic E-state index is -0.184. The number of aromatic amines is 1. The summed E-state index contributed by atoms with van der Waals surface area (Å²) in [4.78, 5) is 22.3. The molecule has 5 heteroatoms. The predicted molar refractivity (Wildman–Crippen MR) is 61.5 cm³/mol. The molecule has 0 aromatic carbocycles. The normalized spacial score (nSPS) is 10.3. The van der Waals surface area contributed by atoms with Crippen LogP contribution in [0.2, 0.25) is 0 Å². The van der Waals surface area contributed by atoms with E-state index in [-0.39, 0.29) is 11.4 Å². The van der Waals surface area contributed by atoms with Gasteiger partial charge >= 0.3 is 0 Å². The van der Waals surface area contributed by atoms with Gasteiger partial charge in [-0.3, -0.25) is 9.78 Å². The van der Waals surface area contributed by atoms with Gasteiger partial charge in [-0.2, -0.15) is 0 Å². The maximum Gasteiger partial charge on any atom is 0.251 e. The highest BCUT2D eigenvalue weighted by Gasteiger charge is 2.02. The van der Waals surface area contributed by atoms with E-state index in [1.54, 1.807) is 6.20 Å². The highest BCUT2D eigenvalue weighted by molar-refractivity contribution is 6.16. The lowest BCUT2D eigenvalue weighted by Gasteiger charge is -2.01. The van der Waals surface area contributed by atoms with Crippen molar-refractivity contribution in [3.63, 3.8) is 0 Å². The summed E-state index contributed by atoms with van der Waals surface area (Å²) < 4.78 is 0. The fourth-order valence-corrected chi connectivity index (χ4v) is 1.53. The van der Waals surface area contributed by atoms with Crippen LogP contribution in [0.15, 0.2) is 35.3 Å². The molecule has 0 aliphatic heterocycles. The van der Waals surface area contributed by atoms with E-state index in [0.29, 0.717) is 17.9 Å². The molecular weight excluding hydrogens is 226 g/mol. The maximum absolute atomic E-state index is 11.3. The van der Waals surface area contributed by atoms with Crippen molar-refractivity contribution in [2.24, 2.45) is 0 Å². The first-order valence-corrected chi connectivity index (χ1v) is 5.36. The predicted octanol–water partition coefficient (Wildman–Crippen LogP) is 1.49. The number of aromatic nitrogens is 3. The smallest absolute Gasteiger partial charge is 0.251 e. The number of alkyl halides is 1. The second kappa shape index (κ2) is 4.90. The van der Waals surface area contributed by atoms with Crippen LogP contribution in [0.5, 0.6) is 0 Å². The van der Waals surface area contributed by atoms with Crippen molar-refractivity contribution >= 4 is 11.6 Å². The number of H-pyrrole nitrogens is 1. The molecule has 82 valence electrons. The van der Waals surface area contributed by atoms with Gasteiger partial charge in [0.1, 0.15) is 5.82 Å². The molecule has 2 aromatic heterocycles. The molecule has 0 saturated carbocycles. The minimum absolute atomic E-state index is 0.184. The van der Waals surface area contributed by atoms with E-state index in [4.69, 9.17) is 11.6 Å². The van der Waals surface area contributed by atoms with E-state index in [2.05, 4.69) is 15.0 Å². The van der Waals surface area contributed by atoms with E-state index in [0.717, 1.165) is 5.69 Å². The summed E-state index contributed by atoms with van der Waals surface area (Å²) in [5.41, 5.74) is 1.25. The van der Waals surface area contributed by atoms with Crippen LogP contribution in [0.4, 0.5) is 0 Å². The van der Waals surface area contributed by atoms with Crippen LogP contribution in [0.3, 0.4) is 0 Å². The second-order valence-electron chi connectivity index (χ2n) is 3.31. The van der Waals surface area contributed by atoms with Crippen LogP contribution in [0.1, 0.15) is 17.2 Å². The van der Waals surface area contributed by atoms with E-state index < -0.39 is 0 Å². The molecule has 0 unspecified atom stereocenters. The Bertz CT molecular complexity index is 524. The van der Waals surface area contributed by atoms with Crippen molar-refractivity contribution in [2.45, 2.75) is 12.3 Å². The Kier molecular flexibility index (Phi) is 3.31. The number of hydrogen-bond acceptors (Lipinski definition) is 3. The fourth-order valence-electron chi connectivity index (χ4n) is 1.39. The molecule has 0 saturated heterocycles. The molecule has 2 heterocycles.